The van der Waals surface area contributed by atoms with Gasteiger partial charge in [-0.2, -0.15) is 0 Å². The van der Waals surface area contributed by atoms with Gasteiger partial charge in [-0.05, 0) is 74.4 Å². The Hall–Kier alpha value is -1.12. The zero-order chi connectivity index (χ0) is 24.6. The lowest BCUT2D eigenvalue weighted by Crippen LogP contribution is -2.55. The molecule has 2 unspecified atom stereocenters. The monoisotopic (exact) mass is 490 g/mol. The number of aliphatic hydroxyl groups is 1. The summed E-state index contributed by atoms with van der Waals surface area (Å²) in [5.41, 5.74) is 1.08. The second kappa shape index (κ2) is 8.20. The maximum atomic E-state index is 11.5. The Kier molecular flexibility index (Phi) is 5.93. The van der Waals surface area contributed by atoms with Gasteiger partial charge >= 0.3 is 0 Å². The van der Waals surface area contributed by atoms with Gasteiger partial charge in [-0.15, -0.1) is 0 Å². The van der Waals surface area contributed by atoms with Crippen molar-refractivity contribution in [2.45, 2.75) is 102 Å². The molecule has 190 valence electrons. The van der Waals surface area contributed by atoms with Gasteiger partial charge in [0.05, 0.1) is 19.3 Å². The highest BCUT2D eigenvalue weighted by atomic mass is 28.4. The largest absolute Gasteiger partial charge is 0.493 e. The van der Waals surface area contributed by atoms with Gasteiger partial charge < -0.3 is 28.5 Å². The molecule has 34 heavy (non-hydrogen) atoms. The van der Waals surface area contributed by atoms with Crippen LogP contribution in [0.2, 0.25) is 18.1 Å². The van der Waals surface area contributed by atoms with E-state index in [1.807, 2.05) is 19.9 Å². The van der Waals surface area contributed by atoms with E-state index in [0.29, 0.717) is 6.42 Å². The van der Waals surface area contributed by atoms with Crippen molar-refractivity contribution in [1.82, 2.24) is 0 Å². The fraction of sp³-hybridized carbons (Fsp3) is 0.778. The Morgan fingerprint density at radius 3 is 2.53 bits per heavy atom. The van der Waals surface area contributed by atoms with Crippen LogP contribution in [0, 0.1) is 23.7 Å². The van der Waals surface area contributed by atoms with Crippen LogP contribution in [0.15, 0.2) is 18.2 Å². The third-order valence-corrected chi connectivity index (χ3v) is 13.6. The predicted molar refractivity (Wildman–Crippen MR) is 132 cm³/mol. The number of fused-ring (bicyclic) bond motifs is 2. The Labute approximate surface area is 205 Å². The van der Waals surface area contributed by atoms with Gasteiger partial charge in [0.15, 0.2) is 31.9 Å². The van der Waals surface area contributed by atoms with Crippen molar-refractivity contribution in [3.05, 3.63) is 23.8 Å². The summed E-state index contributed by atoms with van der Waals surface area (Å²) < 4.78 is 31.5. The molecule has 5 rings (SSSR count). The first-order chi connectivity index (χ1) is 15.8. The highest BCUT2D eigenvalue weighted by Gasteiger charge is 2.70. The number of rotatable bonds is 6. The van der Waals surface area contributed by atoms with Crippen molar-refractivity contribution < 1.29 is 28.5 Å². The minimum absolute atomic E-state index is 0.0438. The maximum Gasteiger partial charge on any atom is 0.192 e. The summed E-state index contributed by atoms with van der Waals surface area (Å²) in [5.74, 6) is 1.16. The summed E-state index contributed by atoms with van der Waals surface area (Å²) in [7, 11) is -0.304. The first-order valence-electron chi connectivity index (χ1n) is 12.9. The highest BCUT2D eigenvalue weighted by molar-refractivity contribution is 6.74. The van der Waals surface area contributed by atoms with Crippen LogP contribution in [0.4, 0.5) is 0 Å². The second-order valence-corrected chi connectivity index (χ2v) is 17.3. The smallest absolute Gasteiger partial charge is 0.192 e. The fourth-order valence-electron chi connectivity index (χ4n) is 6.66. The summed E-state index contributed by atoms with van der Waals surface area (Å²) in [6.45, 7) is 15.6. The maximum absolute atomic E-state index is 11.5. The van der Waals surface area contributed by atoms with Crippen molar-refractivity contribution in [3.63, 3.8) is 0 Å². The molecule has 7 heteroatoms. The fourth-order valence-corrected chi connectivity index (χ4v) is 8.05. The average molecular weight is 491 g/mol. The minimum Gasteiger partial charge on any atom is -0.493 e. The standard InChI is InChI=1S/C27H42O6Si/c1-15(2)30-21-13-16(9-10-19(21)29-6)24-17-14-18-23-22(17)20(33-34(7,8)26(3,4)5)11-12-27(23,28)32-25(18)31-24/h9-10,13,15,17-18,20,22-25,28H,11-12,14H2,1-8H3/t17-,18+,20+,22+,23+,24?,25?,27-/m0/s1. The van der Waals surface area contributed by atoms with Crippen LogP contribution in [0.5, 0.6) is 11.5 Å². The van der Waals surface area contributed by atoms with E-state index in [1.165, 1.54) is 0 Å². The minimum atomic E-state index is -1.97. The Morgan fingerprint density at radius 2 is 1.88 bits per heavy atom. The molecule has 2 aliphatic carbocycles. The SMILES string of the molecule is COc1ccc(C2OC3O[C@@]4(O)CC[C@@H](O[Si](C)(C)C(C)(C)C)[C@@H]5[C@H]4[C@H]3C[C@H]25)cc1OC(C)C. The summed E-state index contributed by atoms with van der Waals surface area (Å²) in [5, 5.41) is 11.6. The van der Waals surface area contributed by atoms with Crippen molar-refractivity contribution in [2.24, 2.45) is 23.7 Å². The third-order valence-electron chi connectivity index (χ3n) is 9.12. The quantitative estimate of drug-likeness (QED) is 0.520. The van der Waals surface area contributed by atoms with Crippen LogP contribution in [0.1, 0.15) is 65.5 Å². The lowest BCUT2D eigenvalue weighted by atomic mass is 9.70. The van der Waals surface area contributed by atoms with Gasteiger partial charge in [-0.25, -0.2) is 0 Å². The molecule has 0 amide bonds. The van der Waals surface area contributed by atoms with Gasteiger partial charge in [0.2, 0.25) is 0 Å². The Morgan fingerprint density at radius 1 is 1.15 bits per heavy atom. The van der Waals surface area contributed by atoms with E-state index in [0.717, 1.165) is 29.9 Å². The van der Waals surface area contributed by atoms with Crippen LogP contribution in [-0.2, 0) is 13.9 Å². The third kappa shape index (κ3) is 3.83. The van der Waals surface area contributed by atoms with E-state index in [2.05, 4.69) is 46.0 Å². The molecule has 6 nitrogen and oxygen atoms in total. The lowest BCUT2D eigenvalue weighted by Gasteiger charge is -2.50. The van der Waals surface area contributed by atoms with Crippen LogP contribution in [0.25, 0.3) is 0 Å². The van der Waals surface area contributed by atoms with Gasteiger partial charge in [0.1, 0.15) is 0 Å². The second-order valence-electron chi connectivity index (χ2n) is 12.6. The van der Waals surface area contributed by atoms with Crippen molar-refractivity contribution >= 4 is 8.32 Å². The molecule has 2 saturated heterocycles. The van der Waals surface area contributed by atoms with Gasteiger partial charge in [0, 0.05) is 24.4 Å². The number of methoxy groups -OCH3 is 1. The first-order valence-corrected chi connectivity index (χ1v) is 15.8. The molecule has 0 aromatic heterocycles. The van der Waals surface area contributed by atoms with Gasteiger partial charge in [0.25, 0.3) is 0 Å². The highest BCUT2D eigenvalue weighted by Crippen LogP contribution is 2.67. The molecule has 0 radical (unpaired) electrons. The Bertz CT molecular complexity index is 926. The van der Waals surface area contributed by atoms with Crippen molar-refractivity contribution in [3.8, 4) is 11.5 Å². The van der Waals surface area contributed by atoms with Crippen LogP contribution in [0.3, 0.4) is 0 Å². The molecule has 2 saturated carbocycles. The molecule has 0 spiro atoms. The van der Waals surface area contributed by atoms with E-state index in [1.54, 1.807) is 7.11 Å². The molecule has 2 heterocycles. The van der Waals surface area contributed by atoms with E-state index >= 15 is 0 Å². The molecule has 4 aliphatic rings. The number of hydrogen-bond donors (Lipinski definition) is 1. The summed E-state index contributed by atoms with van der Waals surface area (Å²) in [6, 6.07) is 6.12. The molecular formula is C27H42O6Si. The molecule has 1 aromatic carbocycles. The number of ether oxygens (including phenoxy) is 4. The topological polar surface area (TPSA) is 66.4 Å². The first kappa shape index (κ1) is 24.6. The molecule has 1 aromatic rings. The summed E-state index contributed by atoms with van der Waals surface area (Å²) in [6.07, 6.45) is 2.12. The van der Waals surface area contributed by atoms with E-state index < -0.39 is 14.1 Å². The summed E-state index contributed by atoms with van der Waals surface area (Å²) >= 11 is 0. The lowest BCUT2D eigenvalue weighted by molar-refractivity contribution is -0.318. The average Bonchev–Trinajstić information content (AvgIpc) is 3.23. The zero-order valence-electron chi connectivity index (χ0n) is 22.0. The molecule has 2 aliphatic heterocycles. The van der Waals surface area contributed by atoms with Crippen molar-refractivity contribution in [2.75, 3.05) is 7.11 Å². The van der Waals surface area contributed by atoms with Crippen LogP contribution in [-0.4, -0.2) is 44.8 Å². The van der Waals surface area contributed by atoms with Gasteiger partial charge in [-0.3, -0.25) is 0 Å². The summed E-state index contributed by atoms with van der Waals surface area (Å²) in [4.78, 5) is 0. The molecule has 8 atom stereocenters. The van der Waals surface area contributed by atoms with Gasteiger partial charge in [-0.1, -0.05) is 26.8 Å². The number of benzene rings is 1. The molecule has 1 N–H and O–H groups in total. The molecule has 2 bridgehead atoms. The number of hydrogen-bond acceptors (Lipinski definition) is 6. The molecule has 4 fully saturated rings. The van der Waals surface area contributed by atoms with E-state index in [4.69, 9.17) is 23.4 Å². The van der Waals surface area contributed by atoms with Crippen molar-refractivity contribution in [1.29, 1.82) is 0 Å². The Balaban J connectivity index is 1.50. The van der Waals surface area contributed by atoms with Crippen LogP contribution < -0.4 is 9.47 Å². The molecular weight excluding hydrogens is 448 g/mol. The van der Waals surface area contributed by atoms with E-state index in [9.17, 15) is 5.11 Å². The van der Waals surface area contributed by atoms with Crippen LogP contribution >= 0.6 is 0 Å². The normalized spacial score (nSPS) is 38.9. The predicted octanol–water partition coefficient (Wildman–Crippen LogP) is 5.65. The zero-order valence-corrected chi connectivity index (χ0v) is 23.0. The van der Waals surface area contributed by atoms with E-state index in [-0.39, 0.29) is 53.3 Å².